The second-order valence-electron chi connectivity index (χ2n) is 5.87. The Hall–Kier alpha value is -0.340. The van der Waals surface area contributed by atoms with Gasteiger partial charge in [0.05, 0.1) is 5.75 Å². The lowest BCUT2D eigenvalue weighted by Gasteiger charge is -2.39. The molecule has 1 rings (SSSR count). The molecule has 12 heteroatoms. The largest absolute Gasteiger partial charge is 0.403 e. The first-order valence-corrected chi connectivity index (χ1v) is 9.99. The van der Waals surface area contributed by atoms with Crippen LogP contribution in [0.1, 0.15) is 20.3 Å². The molecular weight excluding hydrogens is 486 g/mol. The number of nitrogens with zero attached hydrogens (tertiary/aromatic N) is 3. The summed E-state index contributed by atoms with van der Waals surface area (Å²) in [5.74, 6) is 0.667. The molecule has 7 nitrogen and oxygen atoms in total. The van der Waals surface area contributed by atoms with E-state index >= 15 is 0 Å². The maximum absolute atomic E-state index is 12.8. The molecule has 1 aliphatic heterocycles. The van der Waals surface area contributed by atoms with Crippen molar-refractivity contribution in [1.82, 2.24) is 19.8 Å². The molecule has 0 aromatic rings. The van der Waals surface area contributed by atoms with Crippen molar-refractivity contribution in [3.05, 3.63) is 0 Å². The predicted molar refractivity (Wildman–Crippen MR) is 108 cm³/mol. The first-order chi connectivity index (χ1) is 11.6. The van der Waals surface area contributed by atoms with Crippen LogP contribution >= 0.6 is 24.0 Å². The summed E-state index contributed by atoms with van der Waals surface area (Å²) in [6.07, 6.45) is -3.63. The van der Waals surface area contributed by atoms with Gasteiger partial charge in [0.2, 0.25) is 10.0 Å². The van der Waals surface area contributed by atoms with Gasteiger partial charge in [0.25, 0.3) is 0 Å². The molecule has 1 unspecified atom stereocenters. The van der Waals surface area contributed by atoms with Crippen molar-refractivity contribution >= 4 is 40.0 Å². The summed E-state index contributed by atoms with van der Waals surface area (Å²) in [6.45, 7) is 5.16. The highest BCUT2D eigenvalue weighted by Crippen LogP contribution is 2.25. The minimum Gasteiger partial charge on any atom is -0.356 e. The number of alkyl halides is 3. The lowest BCUT2D eigenvalue weighted by molar-refractivity contribution is -0.181. The van der Waals surface area contributed by atoms with E-state index in [2.05, 4.69) is 15.0 Å². The van der Waals surface area contributed by atoms with Gasteiger partial charge in [-0.05, 0) is 20.3 Å². The number of sulfonamides is 1. The van der Waals surface area contributed by atoms with Crippen molar-refractivity contribution in [2.24, 2.45) is 4.99 Å². The summed E-state index contributed by atoms with van der Waals surface area (Å²) in [4.78, 5) is 7.48. The van der Waals surface area contributed by atoms with Gasteiger partial charge in [0.1, 0.15) is 6.04 Å². The molecule has 0 aromatic carbocycles. The first-order valence-electron chi connectivity index (χ1n) is 8.34. The Bertz CT molecular complexity index is 537. The summed E-state index contributed by atoms with van der Waals surface area (Å²) >= 11 is 0. The second-order valence-corrected chi connectivity index (χ2v) is 7.96. The molecular formula is C14H29F3IN5O2S. The molecule has 1 atom stereocenters. The van der Waals surface area contributed by atoms with Gasteiger partial charge < -0.3 is 10.2 Å². The average Bonchev–Trinajstić information content (AvgIpc) is 2.57. The van der Waals surface area contributed by atoms with Crippen LogP contribution in [0, 0.1) is 0 Å². The third kappa shape index (κ3) is 8.57. The number of nitrogens with one attached hydrogen (secondary N) is 2. The quantitative estimate of drug-likeness (QED) is 0.230. The summed E-state index contributed by atoms with van der Waals surface area (Å²) in [6, 6.07) is -1.45. The topological polar surface area (TPSA) is 77.0 Å². The van der Waals surface area contributed by atoms with Crippen molar-refractivity contribution in [3.63, 3.8) is 0 Å². The first kappa shape index (κ1) is 25.7. The molecule has 0 bridgehead atoms. The van der Waals surface area contributed by atoms with Crippen LogP contribution in [0.3, 0.4) is 0 Å². The van der Waals surface area contributed by atoms with Crippen molar-refractivity contribution in [2.75, 3.05) is 52.1 Å². The number of piperazine rings is 1. The highest BCUT2D eigenvalue weighted by Gasteiger charge is 2.41. The standard InChI is InChI=1S/C14H28F3N5O2S.HI/c1-4-25(23,24)20-7-5-6-19-13(18-3)22-10-8-21(9-11-22)12(2)14(15,16)17;/h12,20H,4-11H2,1-3H3,(H,18,19);1H. The summed E-state index contributed by atoms with van der Waals surface area (Å²) < 4.78 is 63.4. The van der Waals surface area contributed by atoms with Crippen LogP contribution in [0.4, 0.5) is 13.2 Å². The van der Waals surface area contributed by atoms with E-state index < -0.39 is 22.2 Å². The van der Waals surface area contributed by atoms with Gasteiger partial charge in [0, 0.05) is 46.3 Å². The fraction of sp³-hybridized carbons (Fsp3) is 0.929. The summed E-state index contributed by atoms with van der Waals surface area (Å²) in [5, 5.41) is 3.12. The van der Waals surface area contributed by atoms with Gasteiger partial charge in [-0.2, -0.15) is 13.2 Å². The smallest absolute Gasteiger partial charge is 0.356 e. The maximum Gasteiger partial charge on any atom is 0.403 e. The van der Waals surface area contributed by atoms with E-state index in [4.69, 9.17) is 0 Å². The van der Waals surface area contributed by atoms with Crippen LogP contribution < -0.4 is 10.0 Å². The molecule has 0 radical (unpaired) electrons. The number of aliphatic imine (C=N–C) groups is 1. The number of hydrogen-bond donors (Lipinski definition) is 2. The molecule has 1 heterocycles. The summed E-state index contributed by atoms with van der Waals surface area (Å²) in [5.41, 5.74) is 0. The number of halogens is 4. The molecule has 0 saturated carbocycles. The van der Waals surface area contributed by atoms with E-state index in [0.29, 0.717) is 51.6 Å². The maximum atomic E-state index is 12.8. The SMILES string of the molecule is CCS(=O)(=O)NCCCNC(=NC)N1CCN(C(C)C(F)(F)F)CC1.I. The van der Waals surface area contributed by atoms with Crippen LogP contribution in [-0.4, -0.2) is 88.5 Å². The normalized spacial score (nSPS) is 18.4. The molecule has 0 amide bonds. The molecule has 0 aliphatic carbocycles. The Morgan fingerprint density at radius 1 is 1.19 bits per heavy atom. The van der Waals surface area contributed by atoms with Crippen molar-refractivity contribution in [1.29, 1.82) is 0 Å². The summed E-state index contributed by atoms with van der Waals surface area (Å²) in [7, 11) is -1.57. The van der Waals surface area contributed by atoms with Crippen LogP contribution in [0.25, 0.3) is 0 Å². The lowest BCUT2D eigenvalue weighted by Crippen LogP contribution is -2.56. The van der Waals surface area contributed by atoms with Gasteiger partial charge in [-0.1, -0.05) is 0 Å². The molecule has 156 valence electrons. The number of guanidine groups is 1. The molecule has 1 aliphatic rings. The van der Waals surface area contributed by atoms with Crippen molar-refractivity contribution in [3.8, 4) is 0 Å². The Morgan fingerprint density at radius 3 is 2.23 bits per heavy atom. The number of hydrogen-bond acceptors (Lipinski definition) is 4. The van der Waals surface area contributed by atoms with Gasteiger partial charge in [-0.15, -0.1) is 24.0 Å². The van der Waals surface area contributed by atoms with Crippen LogP contribution in [-0.2, 0) is 10.0 Å². The molecule has 0 spiro atoms. The monoisotopic (exact) mass is 515 g/mol. The van der Waals surface area contributed by atoms with Crippen LogP contribution in [0.2, 0.25) is 0 Å². The van der Waals surface area contributed by atoms with E-state index in [-0.39, 0.29) is 29.7 Å². The van der Waals surface area contributed by atoms with E-state index in [9.17, 15) is 21.6 Å². The minimum atomic E-state index is -4.21. The van der Waals surface area contributed by atoms with Crippen LogP contribution in [0.5, 0.6) is 0 Å². The third-order valence-corrected chi connectivity index (χ3v) is 5.59. The van der Waals surface area contributed by atoms with Gasteiger partial charge >= 0.3 is 6.18 Å². The zero-order valence-corrected chi connectivity index (χ0v) is 18.5. The van der Waals surface area contributed by atoms with Crippen molar-refractivity contribution in [2.45, 2.75) is 32.5 Å². The zero-order chi connectivity index (χ0) is 19.1. The van der Waals surface area contributed by atoms with E-state index in [1.54, 1.807) is 14.0 Å². The third-order valence-electron chi connectivity index (χ3n) is 4.19. The van der Waals surface area contributed by atoms with E-state index in [0.717, 1.165) is 0 Å². The highest BCUT2D eigenvalue weighted by molar-refractivity contribution is 14.0. The number of rotatable bonds is 7. The van der Waals surface area contributed by atoms with E-state index in [1.807, 2.05) is 4.90 Å². The second kappa shape index (κ2) is 11.5. The van der Waals surface area contributed by atoms with E-state index in [1.165, 1.54) is 11.8 Å². The molecule has 1 saturated heterocycles. The van der Waals surface area contributed by atoms with Crippen LogP contribution in [0.15, 0.2) is 4.99 Å². The Morgan fingerprint density at radius 2 is 1.77 bits per heavy atom. The minimum absolute atomic E-state index is 0. The van der Waals surface area contributed by atoms with Gasteiger partial charge in [0.15, 0.2) is 5.96 Å². The Labute approximate surface area is 170 Å². The Kier molecular flexibility index (Phi) is 11.3. The van der Waals surface area contributed by atoms with Gasteiger partial charge in [-0.3, -0.25) is 9.89 Å². The van der Waals surface area contributed by atoms with Crippen molar-refractivity contribution < 1.29 is 21.6 Å². The highest BCUT2D eigenvalue weighted by atomic mass is 127. The molecule has 0 aromatic heterocycles. The molecule has 1 fully saturated rings. The Balaban J connectivity index is 0.00000625. The molecule has 26 heavy (non-hydrogen) atoms. The molecule has 2 N–H and O–H groups in total. The zero-order valence-electron chi connectivity index (χ0n) is 15.3. The fourth-order valence-electron chi connectivity index (χ4n) is 2.48. The average molecular weight is 515 g/mol. The predicted octanol–water partition coefficient (Wildman–Crippen LogP) is 1.08. The lowest BCUT2D eigenvalue weighted by atomic mass is 10.2. The fourth-order valence-corrected chi connectivity index (χ4v) is 3.14. The van der Waals surface area contributed by atoms with Gasteiger partial charge in [-0.25, -0.2) is 13.1 Å².